The highest BCUT2D eigenvalue weighted by Crippen LogP contribution is 2.33. The molecule has 0 radical (unpaired) electrons. The van der Waals surface area contributed by atoms with E-state index >= 15 is 0 Å². The van der Waals surface area contributed by atoms with E-state index in [1.165, 1.54) is 0 Å². The molecule has 0 aliphatic heterocycles. The molecular formula is C13H24N4O3. The second kappa shape index (κ2) is 7.23. The van der Waals surface area contributed by atoms with Crippen molar-refractivity contribution in [3.8, 4) is 0 Å². The van der Waals surface area contributed by atoms with Gasteiger partial charge in [-0.25, -0.2) is 4.68 Å². The molecule has 0 saturated heterocycles. The monoisotopic (exact) mass is 284 g/mol. The Hall–Kier alpha value is -1.63. The van der Waals surface area contributed by atoms with Gasteiger partial charge in [0, 0.05) is 25.7 Å². The van der Waals surface area contributed by atoms with Crippen LogP contribution in [0.3, 0.4) is 0 Å². The van der Waals surface area contributed by atoms with Crippen LogP contribution < -0.4 is 4.90 Å². The van der Waals surface area contributed by atoms with Crippen molar-refractivity contribution < 1.29 is 10.0 Å². The number of aliphatic hydroxyl groups excluding tert-OH is 1. The SMILES string of the molecule is CCCn1nc(C)c([N+](=O)[O-])c1N(CCCO)C(C)C. The first-order valence-corrected chi connectivity index (χ1v) is 7.03. The molecule has 1 N–H and O–H groups in total. The summed E-state index contributed by atoms with van der Waals surface area (Å²) in [6.45, 7) is 8.94. The lowest BCUT2D eigenvalue weighted by Gasteiger charge is -2.28. The quantitative estimate of drug-likeness (QED) is 0.583. The fraction of sp³-hybridized carbons (Fsp3) is 0.769. The van der Waals surface area contributed by atoms with E-state index < -0.39 is 0 Å². The molecule has 0 aliphatic rings. The number of nitrogens with zero attached hydrogens (tertiary/aromatic N) is 4. The lowest BCUT2D eigenvalue weighted by atomic mass is 10.2. The maximum Gasteiger partial charge on any atom is 0.333 e. The first-order chi connectivity index (χ1) is 9.43. The molecular weight excluding hydrogens is 260 g/mol. The molecule has 1 aromatic rings. The van der Waals surface area contributed by atoms with Gasteiger partial charge in [-0.05, 0) is 33.6 Å². The van der Waals surface area contributed by atoms with Gasteiger partial charge in [0.15, 0.2) is 0 Å². The van der Waals surface area contributed by atoms with Crippen molar-refractivity contribution in [1.29, 1.82) is 0 Å². The fourth-order valence-corrected chi connectivity index (χ4v) is 2.28. The van der Waals surface area contributed by atoms with Crippen molar-refractivity contribution in [3.05, 3.63) is 15.8 Å². The van der Waals surface area contributed by atoms with Crippen LogP contribution in [0.2, 0.25) is 0 Å². The van der Waals surface area contributed by atoms with Crippen LogP contribution in [0, 0.1) is 17.0 Å². The summed E-state index contributed by atoms with van der Waals surface area (Å²) in [4.78, 5) is 12.9. The molecule has 1 heterocycles. The summed E-state index contributed by atoms with van der Waals surface area (Å²) in [6.07, 6.45) is 1.43. The highest BCUT2D eigenvalue weighted by molar-refractivity contribution is 5.61. The second-order valence-corrected chi connectivity index (χ2v) is 5.10. The standard InChI is InChI=1S/C13H24N4O3/c1-5-7-16-13(12(17(19)20)11(4)14-16)15(10(2)3)8-6-9-18/h10,18H,5-9H2,1-4H3. The molecule has 0 atom stereocenters. The third-order valence-corrected chi connectivity index (χ3v) is 3.14. The number of hydrogen-bond donors (Lipinski definition) is 1. The summed E-state index contributed by atoms with van der Waals surface area (Å²) in [7, 11) is 0. The lowest BCUT2D eigenvalue weighted by molar-refractivity contribution is -0.384. The minimum Gasteiger partial charge on any atom is -0.396 e. The van der Waals surface area contributed by atoms with E-state index in [9.17, 15) is 10.1 Å². The van der Waals surface area contributed by atoms with Gasteiger partial charge < -0.3 is 10.0 Å². The highest BCUT2D eigenvalue weighted by atomic mass is 16.6. The first kappa shape index (κ1) is 16.4. The van der Waals surface area contributed by atoms with Crippen molar-refractivity contribution in [3.63, 3.8) is 0 Å². The van der Waals surface area contributed by atoms with Crippen molar-refractivity contribution >= 4 is 11.5 Å². The Morgan fingerprint density at radius 2 is 2.15 bits per heavy atom. The molecule has 0 aromatic carbocycles. The Morgan fingerprint density at radius 1 is 1.50 bits per heavy atom. The molecule has 0 fully saturated rings. The summed E-state index contributed by atoms with van der Waals surface area (Å²) in [6, 6.07) is 0.104. The van der Waals surface area contributed by atoms with Crippen LogP contribution in [0.5, 0.6) is 0 Å². The second-order valence-electron chi connectivity index (χ2n) is 5.10. The Morgan fingerprint density at radius 3 is 2.60 bits per heavy atom. The molecule has 0 bridgehead atoms. The minimum absolute atomic E-state index is 0.0674. The Balaban J connectivity index is 3.31. The predicted octanol–water partition coefficient (Wildman–Crippen LogP) is 2.11. The molecule has 0 aliphatic carbocycles. The first-order valence-electron chi connectivity index (χ1n) is 7.03. The summed E-state index contributed by atoms with van der Waals surface area (Å²) in [5.41, 5.74) is 0.512. The van der Waals surface area contributed by atoms with Gasteiger partial charge in [0.2, 0.25) is 5.82 Å². The number of aryl methyl sites for hydroxylation is 2. The van der Waals surface area contributed by atoms with Gasteiger partial charge in [-0.2, -0.15) is 5.10 Å². The zero-order chi connectivity index (χ0) is 15.3. The zero-order valence-electron chi connectivity index (χ0n) is 12.7. The van der Waals surface area contributed by atoms with Crippen LogP contribution in [0.1, 0.15) is 39.3 Å². The number of anilines is 1. The number of aliphatic hydroxyl groups is 1. The van der Waals surface area contributed by atoms with E-state index in [-0.39, 0.29) is 23.3 Å². The molecule has 0 amide bonds. The van der Waals surface area contributed by atoms with E-state index in [4.69, 9.17) is 5.11 Å². The van der Waals surface area contributed by atoms with Crippen LogP contribution in [0.25, 0.3) is 0 Å². The molecule has 0 saturated carbocycles. The summed E-state index contributed by atoms with van der Waals surface area (Å²) >= 11 is 0. The zero-order valence-corrected chi connectivity index (χ0v) is 12.7. The summed E-state index contributed by atoms with van der Waals surface area (Å²) < 4.78 is 1.71. The van der Waals surface area contributed by atoms with Gasteiger partial charge in [-0.3, -0.25) is 10.1 Å². The van der Waals surface area contributed by atoms with Gasteiger partial charge in [0.1, 0.15) is 5.69 Å². The van der Waals surface area contributed by atoms with E-state index in [2.05, 4.69) is 5.10 Å². The van der Waals surface area contributed by atoms with Crippen molar-refractivity contribution in [2.75, 3.05) is 18.1 Å². The Kier molecular flexibility index (Phi) is 5.94. The van der Waals surface area contributed by atoms with Gasteiger partial charge in [0.05, 0.1) is 4.92 Å². The highest BCUT2D eigenvalue weighted by Gasteiger charge is 2.30. The van der Waals surface area contributed by atoms with Crippen molar-refractivity contribution in [2.45, 2.75) is 53.1 Å². The van der Waals surface area contributed by atoms with Crippen LogP contribution >= 0.6 is 0 Å². The normalized spacial score (nSPS) is 11.1. The minimum atomic E-state index is -0.363. The van der Waals surface area contributed by atoms with Crippen LogP contribution in [-0.4, -0.2) is 39.0 Å². The third kappa shape index (κ3) is 3.47. The average Bonchev–Trinajstić information content (AvgIpc) is 2.67. The lowest BCUT2D eigenvalue weighted by Crippen LogP contribution is -2.34. The van der Waals surface area contributed by atoms with Crippen molar-refractivity contribution in [1.82, 2.24) is 9.78 Å². The smallest absolute Gasteiger partial charge is 0.333 e. The van der Waals surface area contributed by atoms with E-state index in [1.54, 1.807) is 11.6 Å². The maximum absolute atomic E-state index is 11.3. The number of rotatable bonds is 8. The van der Waals surface area contributed by atoms with Crippen LogP contribution in [-0.2, 0) is 6.54 Å². The molecule has 0 spiro atoms. The Bertz CT molecular complexity index is 457. The van der Waals surface area contributed by atoms with E-state index in [1.807, 2.05) is 25.7 Å². The van der Waals surface area contributed by atoms with Crippen molar-refractivity contribution in [2.24, 2.45) is 0 Å². The van der Waals surface area contributed by atoms with E-state index in [0.29, 0.717) is 31.0 Å². The molecule has 7 heteroatoms. The molecule has 20 heavy (non-hydrogen) atoms. The van der Waals surface area contributed by atoms with Gasteiger partial charge >= 0.3 is 5.69 Å². The fourth-order valence-electron chi connectivity index (χ4n) is 2.28. The van der Waals surface area contributed by atoms with Gasteiger partial charge in [-0.1, -0.05) is 6.92 Å². The molecule has 7 nitrogen and oxygen atoms in total. The molecule has 114 valence electrons. The number of hydrogen-bond acceptors (Lipinski definition) is 5. The molecule has 0 unspecified atom stereocenters. The largest absolute Gasteiger partial charge is 0.396 e. The average molecular weight is 284 g/mol. The topological polar surface area (TPSA) is 84.4 Å². The number of aromatic nitrogens is 2. The summed E-state index contributed by atoms with van der Waals surface area (Å²) in [5.74, 6) is 0.554. The Labute approximate surface area is 119 Å². The van der Waals surface area contributed by atoms with E-state index in [0.717, 1.165) is 6.42 Å². The predicted molar refractivity (Wildman–Crippen MR) is 78.1 cm³/mol. The molecule has 1 rings (SSSR count). The van der Waals surface area contributed by atoms with Crippen LogP contribution in [0.4, 0.5) is 11.5 Å². The molecule has 1 aromatic heterocycles. The van der Waals surface area contributed by atoms with Crippen LogP contribution in [0.15, 0.2) is 0 Å². The summed E-state index contributed by atoms with van der Waals surface area (Å²) in [5, 5.41) is 24.7. The maximum atomic E-state index is 11.3. The van der Waals surface area contributed by atoms with Gasteiger partial charge in [0.25, 0.3) is 0 Å². The third-order valence-electron chi connectivity index (χ3n) is 3.14. The number of nitro groups is 1. The van der Waals surface area contributed by atoms with Gasteiger partial charge in [-0.15, -0.1) is 0 Å².